The van der Waals surface area contributed by atoms with Crippen LogP contribution in [0.4, 0.5) is 0 Å². The van der Waals surface area contributed by atoms with Gasteiger partial charge in [0, 0.05) is 12.6 Å². The van der Waals surface area contributed by atoms with Gasteiger partial charge in [-0.3, -0.25) is 9.11 Å². The maximum absolute atomic E-state index is 9.19. The molecule has 1 aliphatic heterocycles. The molecule has 0 spiro atoms. The molecule has 0 bridgehead atoms. The summed E-state index contributed by atoms with van der Waals surface area (Å²) < 4.78 is 51.7. The van der Waals surface area contributed by atoms with E-state index in [1.807, 2.05) is 0 Å². The molecule has 0 aromatic carbocycles. The van der Waals surface area contributed by atoms with Crippen LogP contribution in [-0.2, 0) is 20.2 Å². The molecular weight excluding hydrogens is 290 g/mol. The van der Waals surface area contributed by atoms with Gasteiger partial charge in [-0.15, -0.1) is 0 Å². The average Bonchev–Trinajstić information content (AvgIpc) is 2.44. The van der Waals surface area contributed by atoms with Gasteiger partial charge in [-0.25, -0.2) is 0 Å². The minimum absolute atomic E-state index is 0.130. The SMILES string of the molecule is CS(=O)(=O)O.CS(=O)(=O)O.OC[C@@H]1C[C@@H](O)CN1. The van der Waals surface area contributed by atoms with Gasteiger partial charge in [0.05, 0.1) is 25.2 Å². The predicted molar refractivity (Wildman–Crippen MR) is 64.4 cm³/mol. The molecular formula is C7H19NO8S2. The second-order valence-corrected chi connectivity index (χ2v) is 6.58. The standard InChI is InChI=1S/C5H11NO2.2CH4O3S/c7-3-4-1-5(8)2-6-4;2*1-5(2,3)4/h4-8H,1-3H2;2*1H3,(H,2,3,4)/t4-,5+;;/m0../s1. The van der Waals surface area contributed by atoms with Crippen LogP contribution >= 0.6 is 0 Å². The maximum atomic E-state index is 9.19. The molecule has 18 heavy (non-hydrogen) atoms. The molecule has 0 aliphatic carbocycles. The maximum Gasteiger partial charge on any atom is 0.261 e. The molecule has 0 unspecified atom stereocenters. The van der Waals surface area contributed by atoms with Crippen LogP contribution in [0.25, 0.3) is 0 Å². The van der Waals surface area contributed by atoms with E-state index in [2.05, 4.69) is 5.32 Å². The van der Waals surface area contributed by atoms with Crippen molar-refractivity contribution >= 4 is 20.2 Å². The molecule has 0 aromatic rings. The van der Waals surface area contributed by atoms with Gasteiger partial charge in [0.15, 0.2) is 0 Å². The van der Waals surface area contributed by atoms with E-state index >= 15 is 0 Å². The summed E-state index contributed by atoms with van der Waals surface area (Å²) in [6.07, 6.45) is 1.88. The summed E-state index contributed by atoms with van der Waals surface area (Å²) in [4.78, 5) is 0. The summed E-state index contributed by atoms with van der Waals surface area (Å²) in [7, 11) is -7.33. The second kappa shape index (κ2) is 8.74. The van der Waals surface area contributed by atoms with Gasteiger partial charge in [-0.05, 0) is 6.42 Å². The Balaban J connectivity index is 0. The molecule has 1 aliphatic rings. The first-order valence-corrected chi connectivity index (χ1v) is 8.39. The van der Waals surface area contributed by atoms with Crippen molar-refractivity contribution in [1.29, 1.82) is 0 Å². The third kappa shape index (κ3) is 29.6. The van der Waals surface area contributed by atoms with Crippen LogP contribution < -0.4 is 5.32 Å². The van der Waals surface area contributed by atoms with Crippen molar-refractivity contribution in [2.24, 2.45) is 0 Å². The van der Waals surface area contributed by atoms with Gasteiger partial charge in [0.1, 0.15) is 0 Å². The van der Waals surface area contributed by atoms with Gasteiger partial charge in [0.25, 0.3) is 20.2 Å². The molecule has 1 heterocycles. The number of aliphatic hydroxyl groups is 2. The minimum atomic E-state index is -3.67. The molecule has 9 nitrogen and oxygen atoms in total. The van der Waals surface area contributed by atoms with Crippen LogP contribution in [-0.4, -0.2) is 74.0 Å². The van der Waals surface area contributed by atoms with E-state index in [1.165, 1.54) is 0 Å². The van der Waals surface area contributed by atoms with Crippen LogP contribution in [0.15, 0.2) is 0 Å². The predicted octanol–water partition coefficient (Wildman–Crippen LogP) is -2.29. The van der Waals surface area contributed by atoms with Crippen molar-refractivity contribution < 1.29 is 36.2 Å². The fraction of sp³-hybridized carbons (Fsp3) is 1.00. The second-order valence-electron chi connectivity index (χ2n) is 3.64. The lowest BCUT2D eigenvalue weighted by Gasteiger charge is -2.01. The van der Waals surface area contributed by atoms with Gasteiger partial charge >= 0.3 is 0 Å². The van der Waals surface area contributed by atoms with Crippen molar-refractivity contribution in [2.75, 3.05) is 25.7 Å². The first kappa shape index (κ1) is 20.0. The lowest BCUT2D eigenvalue weighted by molar-refractivity contribution is 0.184. The number of rotatable bonds is 1. The zero-order chi connectivity index (χ0) is 15.0. The summed E-state index contributed by atoms with van der Waals surface area (Å²) >= 11 is 0. The Morgan fingerprint density at radius 3 is 1.56 bits per heavy atom. The van der Waals surface area contributed by atoms with E-state index in [4.69, 9.17) is 19.3 Å². The Labute approximate surface area is 106 Å². The van der Waals surface area contributed by atoms with Gasteiger partial charge in [-0.2, -0.15) is 16.8 Å². The molecule has 1 fully saturated rings. The third-order valence-electron chi connectivity index (χ3n) is 1.42. The highest BCUT2D eigenvalue weighted by Gasteiger charge is 2.20. The fourth-order valence-corrected chi connectivity index (χ4v) is 0.937. The van der Waals surface area contributed by atoms with E-state index in [0.717, 1.165) is 0 Å². The smallest absolute Gasteiger partial charge is 0.261 e. The average molecular weight is 309 g/mol. The first-order valence-electron chi connectivity index (χ1n) is 4.70. The molecule has 5 N–H and O–H groups in total. The Morgan fingerprint density at radius 1 is 1.11 bits per heavy atom. The van der Waals surface area contributed by atoms with Gasteiger partial charge in [-0.1, -0.05) is 0 Å². The van der Waals surface area contributed by atoms with Crippen molar-refractivity contribution in [3.05, 3.63) is 0 Å². The summed E-state index contributed by atoms with van der Waals surface area (Å²) in [6.45, 7) is 0.766. The lowest BCUT2D eigenvalue weighted by atomic mass is 10.2. The zero-order valence-electron chi connectivity index (χ0n) is 10.0. The number of hydrogen-bond donors (Lipinski definition) is 5. The molecule has 0 aromatic heterocycles. The molecule has 1 saturated heterocycles. The van der Waals surface area contributed by atoms with E-state index in [0.29, 0.717) is 25.5 Å². The van der Waals surface area contributed by atoms with Crippen LogP contribution in [0.3, 0.4) is 0 Å². The summed E-state index contributed by atoms with van der Waals surface area (Å²) in [6, 6.07) is 0.130. The third-order valence-corrected chi connectivity index (χ3v) is 1.42. The van der Waals surface area contributed by atoms with E-state index in [-0.39, 0.29) is 18.8 Å². The molecule has 112 valence electrons. The number of nitrogens with one attached hydrogen (secondary N) is 1. The Morgan fingerprint density at radius 2 is 1.44 bits per heavy atom. The summed E-state index contributed by atoms with van der Waals surface area (Å²) in [5.74, 6) is 0. The van der Waals surface area contributed by atoms with Crippen LogP contribution in [0.1, 0.15) is 6.42 Å². The molecule has 2 atom stereocenters. The van der Waals surface area contributed by atoms with E-state index in [9.17, 15) is 16.8 Å². The molecule has 1 rings (SSSR count). The Bertz CT molecular complexity index is 357. The summed E-state index contributed by atoms with van der Waals surface area (Å²) in [5.41, 5.74) is 0. The Kier molecular flexibility index (Phi) is 9.73. The topological polar surface area (TPSA) is 161 Å². The fourth-order valence-electron chi connectivity index (χ4n) is 0.937. The monoisotopic (exact) mass is 309 g/mol. The van der Waals surface area contributed by atoms with Crippen molar-refractivity contribution in [1.82, 2.24) is 5.32 Å². The largest absolute Gasteiger partial charge is 0.395 e. The Hall–Kier alpha value is -0.300. The minimum Gasteiger partial charge on any atom is -0.395 e. The van der Waals surface area contributed by atoms with Crippen LogP contribution in [0.5, 0.6) is 0 Å². The quantitative estimate of drug-likeness (QED) is 0.336. The number of aliphatic hydroxyl groups excluding tert-OH is 2. The summed E-state index contributed by atoms with van der Waals surface area (Å²) in [5, 5.41) is 20.3. The number of β-amino-alcohol motifs (C(OH)–C–C–N with tert-alkyl or cyclic N) is 1. The van der Waals surface area contributed by atoms with Gasteiger partial charge < -0.3 is 15.5 Å². The normalized spacial score (nSPS) is 23.4. The first-order chi connectivity index (χ1) is 7.83. The molecule has 11 heteroatoms. The van der Waals surface area contributed by atoms with Gasteiger partial charge in [0.2, 0.25) is 0 Å². The van der Waals surface area contributed by atoms with Crippen LogP contribution in [0.2, 0.25) is 0 Å². The van der Waals surface area contributed by atoms with Crippen molar-refractivity contribution in [2.45, 2.75) is 18.6 Å². The highest BCUT2D eigenvalue weighted by molar-refractivity contribution is 7.85. The van der Waals surface area contributed by atoms with Crippen LogP contribution in [0, 0.1) is 0 Å². The van der Waals surface area contributed by atoms with Crippen molar-refractivity contribution in [3.8, 4) is 0 Å². The highest BCUT2D eigenvalue weighted by atomic mass is 32.2. The van der Waals surface area contributed by atoms with Crippen molar-refractivity contribution in [3.63, 3.8) is 0 Å². The highest BCUT2D eigenvalue weighted by Crippen LogP contribution is 2.03. The zero-order valence-corrected chi connectivity index (χ0v) is 11.6. The molecule has 0 amide bonds. The van der Waals surface area contributed by atoms with E-state index in [1.54, 1.807) is 0 Å². The molecule has 0 saturated carbocycles. The lowest BCUT2D eigenvalue weighted by Crippen LogP contribution is -2.24. The molecule has 0 radical (unpaired) electrons. The number of hydrogen-bond acceptors (Lipinski definition) is 7. The van der Waals surface area contributed by atoms with E-state index < -0.39 is 20.2 Å².